The summed E-state index contributed by atoms with van der Waals surface area (Å²) in [6.07, 6.45) is -0.523. The van der Waals surface area contributed by atoms with Gasteiger partial charge in [-0.3, -0.25) is 4.79 Å². The predicted octanol–water partition coefficient (Wildman–Crippen LogP) is 4.08. The largest absolute Gasteiger partial charge is 0.392 e. The van der Waals surface area contributed by atoms with Crippen LogP contribution in [0.4, 0.5) is 11.4 Å². The van der Waals surface area contributed by atoms with Crippen LogP contribution in [-0.2, 0) is 4.79 Å². The molecule has 0 radical (unpaired) electrons. The summed E-state index contributed by atoms with van der Waals surface area (Å²) in [4.78, 5) is 16.9. The Bertz CT molecular complexity index is 888. The van der Waals surface area contributed by atoms with Gasteiger partial charge in [-0.05, 0) is 37.4 Å². The molecule has 1 amide bonds. The number of aliphatic hydroxyl groups excluding tert-OH is 1. The predicted molar refractivity (Wildman–Crippen MR) is 112 cm³/mol. The highest BCUT2D eigenvalue weighted by Crippen LogP contribution is 2.27. The van der Waals surface area contributed by atoms with Crippen LogP contribution in [0.25, 0.3) is 10.8 Å². The molecule has 0 aliphatic carbocycles. The third-order valence-corrected chi connectivity index (χ3v) is 4.61. The summed E-state index contributed by atoms with van der Waals surface area (Å²) in [6.45, 7) is 4.93. The SMILES string of the molecule is CCN(C(=O)CN(CC(C)O)c1ccccc1)c1cccc2ccccc12. The molecule has 0 saturated heterocycles. The Balaban J connectivity index is 1.89. The molecule has 0 aliphatic rings. The standard InChI is InChI=1S/C23H26N2O2/c1-3-25(22-15-9-11-19-10-7-8-14-21(19)22)23(27)17-24(16-18(2)26)20-12-5-4-6-13-20/h4-15,18,26H,3,16-17H2,1-2H3. The van der Waals surface area contributed by atoms with E-state index in [1.807, 2.05) is 77.4 Å². The van der Waals surface area contributed by atoms with Gasteiger partial charge in [0.25, 0.3) is 0 Å². The fraction of sp³-hybridized carbons (Fsp3) is 0.261. The highest BCUT2D eigenvalue weighted by atomic mass is 16.3. The second-order valence-electron chi connectivity index (χ2n) is 6.70. The maximum atomic E-state index is 13.2. The van der Waals surface area contributed by atoms with Gasteiger partial charge >= 0.3 is 0 Å². The number of rotatable bonds is 7. The van der Waals surface area contributed by atoms with Crippen LogP contribution in [-0.4, -0.2) is 36.8 Å². The second kappa shape index (κ2) is 8.69. The number of nitrogens with zero attached hydrogens (tertiary/aromatic N) is 2. The number of likely N-dealkylation sites (N-methyl/N-ethyl adjacent to an activating group) is 1. The minimum absolute atomic E-state index is 0.0124. The molecule has 0 saturated carbocycles. The van der Waals surface area contributed by atoms with Crippen molar-refractivity contribution in [1.29, 1.82) is 0 Å². The van der Waals surface area contributed by atoms with Crippen molar-refractivity contribution in [1.82, 2.24) is 0 Å². The Morgan fingerprint density at radius 3 is 2.33 bits per heavy atom. The van der Waals surface area contributed by atoms with E-state index in [2.05, 4.69) is 12.1 Å². The molecule has 27 heavy (non-hydrogen) atoms. The highest BCUT2D eigenvalue weighted by Gasteiger charge is 2.20. The van der Waals surface area contributed by atoms with Crippen LogP contribution in [0.15, 0.2) is 72.8 Å². The number of carbonyl (C=O) groups excluding carboxylic acids is 1. The lowest BCUT2D eigenvalue weighted by atomic mass is 10.1. The molecule has 1 N–H and O–H groups in total. The van der Waals surface area contributed by atoms with Crippen molar-refractivity contribution in [2.24, 2.45) is 0 Å². The minimum Gasteiger partial charge on any atom is -0.392 e. The Morgan fingerprint density at radius 2 is 1.63 bits per heavy atom. The van der Waals surface area contributed by atoms with Crippen LogP contribution >= 0.6 is 0 Å². The van der Waals surface area contributed by atoms with Crippen LogP contribution in [0.3, 0.4) is 0 Å². The van der Waals surface area contributed by atoms with Gasteiger partial charge in [-0.1, -0.05) is 54.6 Å². The molecule has 4 heteroatoms. The molecule has 140 valence electrons. The van der Waals surface area contributed by atoms with Gasteiger partial charge in [0.1, 0.15) is 0 Å². The molecule has 0 bridgehead atoms. The first-order valence-electron chi connectivity index (χ1n) is 9.36. The minimum atomic E-state index is -0.523. The molecule has 0 spiro atoms. The van der Waals surface area contributed by atoms with Crippen molar-refractivity contribution < 1.29 is 9.90 Å². The van der Waals surface area contributed by atoms with E-state index in [-0.39, 0.29) is 12.5 Å². The number of carbonyl (C=O) groups is 1. The molecule has 0 aliphatic heterocycles. The number of anilines is 2. The molecule has 3 rings (SSSR count). The van der Waals surface area contributed by atoms with Crippen molar-refractivity contribution in [2.45, 2.75) is 20.0 Å². The molecule has 1 unspecified atom stereocenters. The normalized spacial score (nSPS) is 12.0. The van der Waals surface area contributed by atoms with Gasteiger partial charge in [0.05, 0.1) is 18.3 Å². The summed E-state index contributed by atoms with van der Waals surface area (Å²) < 4.78 is 0. The topological polar surface area (TPSA) is 43.8 Å². The third kappa shape index (κ3) is 4.47. The summed E-state index contributed by atoms with van der Waals surface area (Å²) in [5, 5.41) is 12.1. The summed E-state index contributed by atoms with van der Waals surface area (Å²) in [5.74, 6) is 0.0124. The first-order chi connectivity index (χ1) is 13.1. The number of hydrogen-bond donors (Lipinski definition) is 1. The average Bonchev–Trinajstić information content (AvgIpc) is 2.68. The summed E-state index contributed by atoms with van der Waals surface area (Å²) in [5.41, 5.74) is 1.85. The van der Waals surface area contributed by atoms with Crippen LogP contribution in [0.1, 0.15) is 13.8 Å². The zero-order valence-electron chi connectivity index (χ0n) is 15.9. The zero-order valence-corrected chi connectivity index (χ0v) is 15.9. The maximum Gasteiger partial charge on any atom is 0.246 e. The summed E-state index contributed by atoms with van der Waals surface area (Å²) >= 11 is 0. The van der Waals surface area contributed by atoms with Crippen molar-refractivity contribution in [3.05, 3.63) is 72.8 Å². The first-order valence-corrected chi connectivity index (χ1v) is 9.36. The van der Waals surface area contributed by atoms with E-state index in [4.69, 9.17) is 0 Å². The highest BCUT2D eigenvalue weighted by molar-refractivity contribution is 6.05. The fourth-order valence-electron chi connectivity index (χ4n) is 3.39. The number of aliphatic hydroxyl groups is 1. The molecule has 0 aromatic heterocycles. The third-order valence-electron chi connectivity index (χ3n) is 4.61. The molecule has 0 heterocycles. The lowest BCUT2D eigenvalue weighted by molar-refractivity contribution is -0.117. The first kappa shape index (κ1) is 18.9. The van der Waals surface area contributed by atoms with Crippen LogP contribution in [0, 0.1) is 0 Å². The molecule has 1 atom stereocenters. The Hall–Kier alpha value is -2.85. The molecule has 4 nitrogen and oxygen atoms in total. The van der Waals surface area contributed by atoms with E-state index in [1.54, 1.807) is 6.92 Å². The average molecular weight is 362 g/mol. The molecule has 0 fully saturated rings. The van der Waals surface area contributed by atoms with Gasteiger partial charge in [0.2, 0.25) is 5.91 Å². The van der Waals surface area contributed by atoms with Gasteiger partial charge in [-0.2, -0.15) is 0 Å². The van der Waals surface area contributed by atoms with Crippen molar-refractivity contribution >= 4 is 28.1 Å². The van der Waals surface area contributed by atoms with Gasteiger partial charge in [-0.15, -0.1) is 0 Å². The van der Waals surface area contributed by atoms with E-state index in [1.165, 1.54) is 0 Å². The van der Waals surface area contributed by atoms with Gasteiger partial charge < -0.3 is 14.9 Å². The van der Waals surface area contributed by atoms with Crippen molar-refractivity contribution in [3.63, 3.8) is 0 Å². The van der Waals surface area contributed by atoms with Crippen LogP contribution in [0.5, 0.6) is 0 Å². The van der Waals surface area contributed by atoms with Gasteiger partial charge in [-0.25, -0.2) is 0 Å². The number of fused-ring (bicyclic) bond motifs is 1. The Morgan fingerprint density at radius 1 is 0.963 bits per heavy atom. The zero-order chi connectivity index (χ0) is 19.2. The maximum absolute atomic E-state index is 13.2. The van der Waals surface area contributed by atoms with E-state index in [0.717, 1.165) is 22.1 Å². The quantitative estimate of drug-likeness (QED) is 0.689. The lowest BCUT2D eigenvalue weighted by Gasteiger charge is -2.29. The van der Waals surface area contributed by atoms with E-state index >= 15 is 0 Å². The van der Waals surface area contributed by atoms with Crippen LogP contribution in [0.2, 0.25) is 0 Å². The summed E-state index contributed by atoms with van der Waals surface area (Å²) in [6, 6.07) is 23.9. The van der Waals surface area contributed by atoms with Crippen molar-refractivity contribution in [3.8, 4) is 0 Å². The van der Waals surface area contributed by atoms with Crippen LogP contribution < -0.4 is 9.80 Å². The van der Waals surface area contributed by atoms with Gasteiger partial charge in [0.15, 0.2) is 0 Å². The number of amides is 1. The Labute approximate surface area is 160 Å². The van der Waals surface area contributed by atoms with Crippen molar-refractivity contribution in [2.75, 3.05) is 29.4 Å². The van der Waals surface area contributed by atoms with E-state index in [0.29, 0.717) is 13.1 Å². The van der Waals surface area contributed by atoms with E-state index < -0.39 is 6.10 Å². The number of para-hydroxylation sites is 1. The lowest BCUT2D eigenvalue weighted by Crippen LogP contribution is -2.43. The molecular formula is C23H26N2O2. The summed E-state index contributed by atoms with van der Waals surface area (Å²) in [7, 11) is 0. The molecular weight excluding hydrogens is 336 g/mol. The number of hydrogen-bond acceptors (Lipinski definition) is 3. The molecule has 3 aromatic carbocycles. The number of benzene rings is 3. The molecule has 3 aromatic rings. The van der Waals surface area contributed by atoms with E-state index in [9.17, 15) is 9.90 Å². The smallest absolute Gasteiger partial charge is 0.246 e. The Kier molecular flexibility index (Phi) is 6.09. The fourth-order valence-corrected chi connectivity index (χ4v) is 3.39. The monoisotopic (exact) mass is 362 g/mol. The second-order valence-corrected chi connectivity index (χ2v) is 6.70. The van der Waals surface area contributed by atoms with Gasteiger partial charge in [0, 0.05) is 24.2 Å².